The highest BCUT2D eigenvalue weighted by atomic mass is 15.0. The van der Waals surface area contributed by atoms with E-state index in [4.69, 9.17) is 8.22 Å². The van der Waals surface area contributed by atoms with Gasteiger partial charge in [0.15, 0.2) is 24.8 Å². The van der Waals surface area contributed by atoms with Gasteiger partial charge in [0.1, 0.15) is 50.3 Å². The van der Waals surface area contributed by atoms with Gasteiger partial charge in [0.2, 0.25) is 22.8 Å². The Labute approximate surface area is 710 Å². The summed E-state index contributed by atoms with van der Waals surface area (Å²) >= 11 is 0. The maximum Gasteiger partial charge on any atom is 0.237 e. The van der Waals surface area contributed by atoms with Gasteiger partial charge < -0.3 is 18.3 Å². The van der Waals surface area contributed by atoms with Gasteiger partial charge in [0, 0.05) is 125 Å². The number of fused-ring (bicyclic) bond motifs is 20. The van der Waals surface area contributed by atoms with Crippen molar-refractivity contribution in [2.45, 2.75) is 55.2 Å². The fourth-order valence-electron chi connectivity index (χ4n) is 19.3. The number of aryl methyl sites for hydroxylation is 16. The molecular formula is C112H100N8+4. The van der Waals surface area contributed by atoms with E-state index in [1.165, 1.54) is 182 Å². The molecule has 0 radical (unpaired) electrons. The predicted octanol–water partition coefficient (Wildman–Crippen LogP) is 25.7. The van der Waals surface area contributed by atoms with E-state index in [2.05, 4.69) is 370 Å². The molecule has 0 aliphatic carbocycles. The number of hydrogen-bond donors (Lipinski definition) is 0. The molecule has 8 heterocycles. The number of nitrogens with zero attached hydrogens (tertiary/aromatic N) is 8. The monoisotopic (exact) mass is 1560 g/mol. The van der Waals surface area contributed by atoms with Gasteiger partial charge in [-0.25, -0.2) is 0 Å². The molecule has 0 saturated carbocycles. The maximum atomic E-state index is 8.31. The first-order valence-electron chi connectivity index (χ1n) is 44.3. The minimum atomic E-state index is -2.31. The minimum Gasteiger partial charge on any atom is -0.338 e. The molecule has 8 nitrogen and oxygen atoms in total. The minimum absolute atomic E-state index is 0.287. The Morgan fingerprint density at radius 2 is 0.600 bits per heavy atom. The first kappa shape index (κ1) is 69.1. The Morgan fingerprint density at radius 1 is 0.233 bits per heavy atom. The van der Waals surface area contributed by atoms with Gasteiger partial charge in [-0.05, 0) is 204 Å². The van der Waals surface area contributed by atoms with Crippen molar-refractivity contribution in [2.24, 2.45) is 56.4 Å². The summed E-state index contributed by atoms with van der Waals surface area (Å²) in [5, 5.41) is 19.4. The molecule has 0 spiro atoms. The summed E-state index contributed by atoms with van der Waals surface area (Å²) in [6.07, 6.45) is 8.28. The molecule has 120 heavy (non-hydrogen) atoms. The highest BCUT2D eigenvalue weighted by Gasteiger charge is 2.30. The molecule has 8 heteroatoms. The van der Waals surface area contributed by atoms with Crippen LogP contribution in [0.1, 0.15) is 52.7 Å². The van der Waals surface area contributed by atoms with Crippen LogP contribution in [-0.4, -0.2) is 18.3 Å². The zero-order valence-corrected chi connectivity index (χ0v) is 70.6. The normalized spacial score (nSPS) is 12.6. The van der Waals surface area contributed by atoms with Crippen LogP contribution in [-0.2, 0) is 56.4 Å². The third-order valence-corrected chi connectivity index (χ3v) is 25.4. The van der Waals surface area contributed by atoms with Gasteiger partial charge >= 0.3 is 0 Å². The van der Waals surface area contributed by atoms with Gasteiger partial charge in [0.25, 0.3) is 0 Å². The molecule has 0 N–H and O–H groups in total. The molecular weight excluding hydrogens is 1460 g/mol. The molecule has 0 bridgehead atoms. The Balaban J connectivity index is 0.000000110. The van der Waals surface area contributed by atoms with Crippen LogP contribution in [0.3, 0.4) is 0 Å². The van der Waals surface area contributed by atoms with Crippen LogP contribution >= 0.6 is 0 Å². The van der Waals surface area contributed by atoms with Gasteiger partial charge in [-0.1, -0.05) is 229 Å². The SMILES string of the molecule is Cc1ccc(-c2ccc3c(ccc4c3c3cc[n+](C)c(-c5ccccc5C)c3n4C)c2)cc1.Cc1ccc2c(ccc3c2c2cc[n+](C)c(-c4ccccc4C)c2n3C)c1.Cc1ccccc1-c1c2c(cc[n+]1C)c1c3ccc(-c4ccccc4)cc3ccc1n2C.[2H]C([2H])([2H])c1ccc(-c2c3c(c(C([2H])([2H])[2H])c[n+]2C)c2c4ccccc4ccc2n3C)c(C)c1. The van der Waals surface area contributed by atoms with E-state index < -0.39 is 13.7 Å². The Kier molecular flexibility index (Phi) is 17.3. The van der Waals surface area contributed by atoms with Crippen LogP contribution < -0.4 is 18.3 Å². The Morgan fingerprint density at radius 3 is 1.07 bits per heavy atom. The first-order chi connectivity index (χ1) is 60.6. The first-order valence-corrected chi connectivity index (χ1v) is 41.3. The standard InChI is InChI=1S/C31H27N2.C30H25N2.C26H25N2.C25H23N2/c1-20-9-11-22(12-10-20)23-13-15-26-24(19-23)14-16-28-29(26)27-17-18-32(3)30(31(27)33(28)4)25-8-6-5-7-21(25)2;1-20-9-7-8-12-24(20)29-30-26(17-18-31(29)2)28-25-15-13-22(21-10-5-4-6-11-21)19-23(25)14-16-27(28)32(30)3;1-16-10-12-20(17(2)14-16)25-26-23(18(3)15-27(25)4)24-21-9-7-6-8-19(21)11-13-22(24)28(26)5;1-16-9-11-20-18(15-16)10-12-22-23(20)21-13-14-26(3)24(25(21)27(22)4)19-8-6-5-7-17(19)2/h5-19H,1-4H3;4-19H,1-3H3;6-15H,1-5H3;5-15H,1-4H3/q4*+1/i;;1D3,3D3;. The van der Waals surface area contributed by atoms with Crippen molar-refractivity contribution < 1.29 is 26.5 Å². The van der Waals surface area contributed by atoms with Crippen molar-refractivity contribution in [1.82, 2.24) is 18.3 Å². The molecule has 14 aromatic carbocycles. The van der Waals surface area contributed by atoms with E-state index in [9.17, 15) is 0 Å². The van der Waals surface area contributed by atoms with Crippen LogP contribution in [0, 0.1) is 55.2 Å². The summed E-state index contributed by atoms with van der Waals surface area (Å²) < 4.78 is 65.9. The average molecular weight is 1560 g/mol. The van der Waals surface area contributed by atoms with E-state index in [1.807, 2.05) is 62.0 Å². The third kappa shape index (κ3) is 12.7. The van der Waals surface area contributed by atoms with Crippen molar-refractivity contribution >= 4 is 130 Å². The lowest BCUT2D eigenvalue weighted by Crippen LogP contribution is -2.32. The second-order valence-corrected chi connectivity index (χ2v) is 32.9. The predicted molar refractivity (Wildman–Crippen MR) is 507 cm³/mol. The van der Waals surface area contributed by atoms with Crippen LogP contribution in [0.25, 0.3) is 198 Å². The van der Waals surface area contributed by atoms with Crippen molar-refractivity contribution in [1.29, 1.82) is 0 Å². The van der Waals surface area contributed by atoms with Crippen molar-refractivity contribution in [3.63, 3.8) is 0 Å². The van der Waals surface area contributed by atoms with Crippen molar-refractivity contribution in [2.75, 3.05) is 0 Å². The van der Waals surface area contributed by atoms with Gasteiger partial charge in [-0.2, -0.15) is 18.3 Å². The smallest absolute Gasteiger partial charge is 0.237 e. The Hall–Kier alpha value is -14.1. The maximum absolute atomic E-state index is 8.31. The number of hydrogen-bond acceptors (Lipinski definition) is 0. The molecule has 0 saturated heterocycles. The zero-order chi connectivity index (χ0) is 87.8. The number of rotatable bonds is 6. The van der Waals surface area contributed by atoms with Crippen LogP contribution in [0.4, 0.5) is 0 Å². The molecule has 8 aromatic heterocycles. The van der Waals surface area contributed by atoms with E-state index in [0.29, 0.717) is 10.9 Å². The zero-order valence-electron chi connectivity index (χ0n) is 76.6. The van der Waals surface area contributed by atoms with Gasteiger partial charge in [-0.15, -0.1) is 0 Å². The lowest BCUT2D eigenvalue weighted by Gasteiger charge is -2.10. The van der Waals surface area contributed by atoms with Crippen LogP contribution in [0.15, 0.2) is 316 Å². The number of aromatic nitrogens is 8. The molecule has 0 fully saturated rings. The van der Waals surface area contributed by atoms with Crippen LogP contribution in [0.5, 0.6) is 0 Å². The van der Waals surface area contributed by atoms with E-state index in [0.717, 1.165) is 44.0 Å². The summed E-state index contributed by atoms with van der Waals surface area (Å²) in [6.45, 7) is 8.26. The van der Waals surface area contributed by atoms with E-state index in [1.54, 1.807) is 18.3 Å². The molecule has 584 valence electrons. The fraction of sp³-hybridized carbons (Fsp3) is 0.143. The topological polar surface area (TPSA) is 35.2 Å². The fourth-order valence-corrected chi connectivity index (χ4v) is 19.3. The molecule has 0 aliphatic rings. The van der Waals surface area contributed by atoms with Gasteiger partial charge in [0.05, 0.1) is 22.3 Å². The van der Waals surface area contributed by atoms with Gasteiger partial charge in [-0.3, -0.25) is 0 Å². The molecule has 0 amide bonds. The lowest BCUT2D eigenvalue weighted by atomic mass is 9.97. The number of benzene rings is 14. The third-order valence-electron chi connectivity index (χ3n) is 25.4. The summed E-state index contributed by atoms with van der Waals surface area (Å²) in [7, 11) is 16.8. The lowest BCUT2D eigenvalue weighted by molar-refractivity contribution is -0.659. The van der Waals surface area contributed by atoms with Crippen molar-refractivity contribution in [3.8, 4) is 67.3 Å². The summed E-state index contributed by atoms with van der Waals surface area (Å²) in [5.41, 5.74) is 31.7. The quantitative estimate of drug-likeness (QED) is 0.149. The second kappa shape index (κ2) is 30.1. The molecule has 0 atom stereocenters. The molecule has 22 rings (SSSR count). The Bertz CT molecular complexity index is 8220. The summed E-state index contributed by atoms with van der Waals surface area (Å²) in [5.74, 6) is 0. The van der Waals surface area contributed by atoms with E-state index in [-0.39, 0.29) is 5.56 Å². The molecule has 22 aromatic rings. The second-order valence-electron chi connectivity index (χ2n) is 32.9. The summed E-state index contributed by atoms with van der Waals surface area (Å²) in [4.78, 5) is 0. The average Bonchev–Trinajstić information content (AvgIpc) is 1.55. The highest BCUT2D eigenvalue weighted by molar-refractivity contribution is 6.26. The molecule has 0 unspecified atom stereocenters. The van der Waals surface area contributed by atoms with Crippen LogP contribution in [0.2, 0.25) is 0 Å². The number of pyridine rings is 4. The van der Waals surface area contributed by atoms with E-state index >= 15 is 0 Å². The molecule has 0 aliphatic heterocycles. The largest absolute Gasteiger partial charge is 0.338 e. The summed E-state index contributed by atoms with van der Waals surface area (Å²) in [6, 6.07) is 104. The highest BCUT2D eigenvalue weighted by Crippen LogP contribution is 2.45. The van der Waals surface area contributed by atoms with Crippen molar-refractivity contribution in [3.05, 3.63) is 360 Å².